The quantitative estimate of drug-likeness (QED) is 0.653. The highest BCUT2D eigenvalue weighted by Gasteiger charge is 2.13. The van der Waals surface area contributed by atoms with E-state index in [-0.39, 0.29) is 5.91 Å². The fourth-order valence-electron chi connectivity index (χ4n) is 1.51. The fourth-order valence-corrected chi connectivity index (χ4v) is 2.00. The van der Waals surface area contributed by atoms with Gasteiger partial charge < -0.3 is 10.1 Å². The minimum atomic E-state index is -0.185. The van der Waals surface area contributed by atoms with E-state index in [0.717, 1.165) is 14.5 Å². The molecule has 2 N–H and O–H groups in total. The zero-order chi connectivity index (χ0) is 12.3. The molecule has 1 aromatic heterocycles. The number of fused-ring (bicyclic) bond motifs is 1. The van der Waals surface area contributed by atoms with Crippen LogP contribution in [0.2, 0.25) is 0 Å². The summed E-state index contributed by atoms with van der Waals surface area (Å²) in [4.78, 5) is 11.9. The minimum Gasteiger partial charge on any atom is -0.383 e. The monoisotopic (exact) mass is 345 g/mol. The standard InChI is InChI=1S/C11H12IN3O2/c1-17-5-4-13-11(16)10-8-6-7(12)2-3-9(8)14-15-10/h2-3,6H,4-5H2,1H3,(H,13,16)(H,14,15). The highest BCUT2D eigenvalue weighted by molar-refractivity contribution is 14.1. The normalized spacial score (nSPS) is 10.7. The number of aromatic amines is 1. The van der Waals surface area contributed by atoms with Gasteiger partial charge in [0.05, 0.1) is 12.1 Å². The topological polar surface area (TPSA) is 67.0 Å². The fraction of sp³-hybridized carbons (Fsp3) is 0.273. The summed E-state index contributed by atoms with van der Waals surface area (Å²) in [5, 5.41) is 10.5. The summed E-state index contributed by atoms with van der Waals surface area (Å²) in [5.74, 6) is -0.185. The summed E-state index contributed by atoms with van der Waals surface area (Å²) < 4.78 is 5.94. The predicted octanol–water partition coefficient (Wildman–Crippen LogP) is 1.54. The van der Waals surface area contributed by atoms with Crippen molar-refractivity contribution < 1.29 is 9.53 Å². The molecule has 17 heavy (non-hydrogen) atoms. The Hall–Kier alpha value is -1.15. The van der Waals surface area contributed by atoms with Crippen molar-refractivity contribution in [2.75, 3.05) is 20.3 Å². The molecule has 90 valence electrons. The molecule has 0 aliphatic rings. The van der Waals surface area contributed by atoms with Gasteiger partial charge in [-0.05, 0) is 40.8 Å². The summed E-state index contributed by atoms with van der Waals surface area (Å²) >= 11 is 2.21. The number of rotatable bonds is 4. The van der Waals surface area contributed by atoms with Gasteiger partial charge in [0.25, 0.3) is 5.91 Å². The molecule has 5 nitrogen and oxygen atoms in total. The zero-order valence-electron chi connectivity index (χ0n) is 9.29. The Morgan fingerprint density at radius 2 is 2.41 bits per heavy atom. The molecule has 0 aliphatic heterocycles. The molecule has 0 aliphatic carbocycles. The van der Waals surface area contributed by atoms with E-state index in [1.807, 2.05) is 18.2 Å². The van der Waals surface area contributed by atoms with E-state index >= 15 is 0 Å². The van der Waals surface area contributed by atoms with Gasteiger partial charge in [-0.1, -0.05) is 0 Å². The number of nitrogens with one attached hydrogen (secondary N) is 2. The Balaban J connectivity index is 2.23. The lowest BCUT2D eigenvalue weighted by atomic mass is 10.2. The molecule has 1 heterocycles. The summed E-state index contributed by atoms with van der Waals surface area (Å²) in [7, 11) is 1.60. The Kier molecular flexibility index (Phi) is 3.95. The summed E-state index contributed by atoms with van der Waals surface area (Å²) in [6, 6.07) is 5.81. The van der Waals surface area contributed by atoms with Gasteiger partial charge in [0.1, 0.15) is 0 Å². The molecule has 1 amide bonds. The maximum absolute atomic E-state index is 11.9. The number of aromatic nitrogens is 2. The molecule has 1 aromatic carbocycles. The number of methoxy groups -OCH3 is 1. The molecule has 0 bridgehead atoms. The predicted molar refractivity (Wildman–Crippen MR) is 73.0 cm³/mol. The number of ether oxygens (including phenoxy) is 1. The maximum atomic E-state index is 11.9. The van der Waals surface area contributed by atoms with Crippen LogP contribution >= 0.6 is 22.6 Å². The lowest BCUT2D eigenvalue weighted by Crippen LogP contribution is -2.27. The van der Waals surface area contributed by atoms with Gasteiger partial charge in [-0.2, -0.15) is 5.10 Å². The third-order valence-corrected chi connectivity index (χ3v) is 3.00. The second-order valence-corrected chi connectivity index (χ2v) is 4.76. The molecule has 0 saturated carbocycles. The first-order valence-corrected chi connectivity index (χ1v) is 6.21. The Morgan fingerprint density at radius 3 is 3.18 bits per heavy atom. The summed E-state index contributed by atoms with van der Waals surface area (Å²) in [5.41, 5.74) is 1.29. The Morgan fingerprint density at radius 1 is 1.59 bits per heavy atom. The number of carbonyl (C=O) groups is 1. The van der Waals surface area contributed by atoms with Gasteiger partial charge in [0.2, 0.25) is 0 Å². The van der Waals surface area contributed by atoms with Crippen molar-refractivity contribution in [1.29, 1.82) is 0 Å². The Bertz CT molecular complexity index is 538. The van der Waals surface area contributed by atoms with E-state index in [2.05, 4.69) is 38.1 Å². The van der Waals surface area contributed by atoms with Crippen LogP contribution in [-0.2, 0) is 4.74 Å². The molecular formula is C11H12IN3O2. The average molecular weight is 345 g/mol. The highest BCUT2D eigenvalue weighted by Crippen LogP contribution is 2.18. The lowest BCUT2D eigenvalue weighted by molar-refractivity contribution is 0.0933. The second-order valence-electron chi connectivity index (χ2n) is 3.51. The van der Waals surface area contributed by atoms with E-state index in [4.69, 9.17) is 4.74 Å². The third kappa shape index (κ3) is 2.75. The van der Waals surface area contributed by atoms with Crippen LogP contribution in [0.4, 0.5) is 0 Å². The van der Waals surface area contributed by atoms with Gasteiger partial charge in [-0.15, -0.1) is 0 Å². The molecule has 0 radical (unpaired) electrons. The van der Waals surface area contributed by atoms with Crippen molar-refractivity contribution >= 4 is 39.4 Å². The molecule has 6 heteroatoms. The van der Waals surface area contributed by atoms with Crippen LogP contribution in [0.3, 0.4) is 0 Å². The van der Waals surface area contributed by atoms with Gasteiger partial charge in [0, 0.05) is 22.6 Å². The van der Waals surface area contributed by atoms with Gasteiger partial charge in [0.15, 0.2) is 5.69 Å². The van der Waals surface area contributed by atoms with Crippen molar-refractivity contribution in [3.63, 3.8) is 0 Å². The third-order valence-electron chi connectivity index (χ3n) is 2.33. The molecule has 0 saturated heterocycles. The maximum Gasteiger partial charge on any atom is 0.272 e. The smallest absolute Gasteiger partial charge is 0.272 e. The van der Waals surface area contributed by atoms with Crippen molar-refractivity contribution in [2.24, 2.45) is 0 Å². The van der Waals surface area contributed by atoms with Crippen molar-refractivity contribution in [3.8, 4) is 0 Å². The molecule has 0 spiro atoms. The van der Waals surface area contributed by atoms with E-state index in [1.54, 1.807) is 7.11 Å². The highest BCUT2D eigenvalue weighted by atomic mass is 127. The van der Waals surface area contributed by atoms with Crippen LogP contribution < -0.4 is 5.32 Å². The number of carbonyl (C=O) groups excluding carboxylic acids is 1. The number of H-pyrrole nitrogens is 1. The van der Waals surface area contributed by atoms with Crippen molar-refractivity contribution in [3.05, 3.63) is 27.5 Å². The molecular weight excluding hydrogens is 333 g/mol. The zero-order valence-corrected chi connectivity index (χ0v) is 11.4. The van der Waals surface area contributed by atoms with E-state index in [1.165, 1.54) is 0 Å². The van der Waals surface area contributed by atoms with Gasteiger partial charge >= 0.3 is 0 Å². The molecule has 2 rings (SSSR count). The van der Waals surface area contributed by atoms with E-state index in [0.29, 0.717) is 18.8 Å². The number of amides is 1. The average Bonchev–Trinajstić information content (AvgIpc) is 2.72. The SMILES string of the molecule is COCCNC(=O)c1n[nH]c2ccc(I)cc12. The lowest BCUT2D eigenvalue weighted by Gasteiger charge is -2.02. The van der Waals surface area contributed by atoms with Crippen LogP contribution in [0.5, 0.6) is 0 Å². The number of halogens is 1. The van der Waals surface area contributed by atoms with Crippen LogP contribution in [-0.4, -0.2) is 36.4 Å². The summed E-state index contributed by atoms with van der Waals surface area (Å²) in [6.07, 6.45) is 0. The van der Waals surface area contributed by atoms with Gasteiger partial charge in [-0.25, -0.2) is 0 Å². The summed E-state index contributed by atoms with van der Waals surface area (Å²) in [6.45, 7) is 0.971. The van der Waals surface area contributed by atoms with Crippen molar-refractivity contribution in [2.45, 2.75) is 0 Å². The first-order valence-electron chi connectivity index (χ1n) is 5.13. The van der Waals surface area contributed by atoms with Crippen LogP contribution in [0.1, 0.15) is 10.5 Å². The van der Waals surface area contributed by atoms with Crippen LogP contribution in [0.25, 0.3) is 10.9 Å². The number of nitrogens with zero attached hydrogens (tertiary/aromatic N) is 1. The Labute approximate surface area is 112 Å². The second kappa shape index (κ2) is 5.46. The minimum absolute atomic E-state index is 0.185. The molecule has 0 unspecified atom stereocenters. The van der Waals surface area contributed by atoms with E-state index in [9.17, 15) is 4.79 Å². The number of hydrogen-bond donors (Lipinski definition) is 2. The molecule has 0 atom stereocenters. The molecule has 2 aromatic rings. The first kappa shape index (κ1) is 12.3. The largest absolute Gasteiger partial charge is 0.383 e. The number of hydrogen-bond acceptors (Lipinski definition) is 3. The van der Waals surface area contributed by atoms with E-state index < -0.39 is 0 Å². The number of benzene rings is 1. The van der Waals surface area contributed by atoms with Crippen LogP contribution in [0.15, 0.2) is 18.2 Å². The van der Waals surface area contributed by atoms with Gasteiger partial charge in [-0.3, -0.25) is 9.89 Å². The molecule has 0 fully saturated rings. The van der Waals surface area contributed by atoms with Crippen molar-refractivity contribution in [1.82, 2.24) is 15.5 Å². The first-order chi connectivity index (χ1) is 8.22. The van der Waals surface area contributed by atoms with Crippen LogP contribution in [0, 0.1) is 3.57 Å².